The summed E-state index contributed by atoms with van der Waals surface area (Å²) >= 11 is 0. The molecule has 0 fully saturated rings. The molecule has 0 saturated carbocycles. The first-order valence-corrected chi connectivity index (χ1v) is 9.51. The lowest BCUT2D eigenvalue weighted by Gasteiger charge is -2.40. The first-order chi connectivity index (χ1) is 15.4. The van der Waals surface area contributed by atoms with Gasteiger partial charge in [-0.2, -0.15) is 5.26 Å². The lowest BCUT2D eigenvalue weighted by molar-refractivity contribution is -0.140. The van der Waals surface area contributed by atoms with Gasteiger partial charge >= 0.3 is 11.9 Å². The molecule has 2 aromatic rings. The van der Waals surface area contributed by atoms with Gasteiger partial charge in [0.2, 0.25) is 5.91 Å². The van der Waals surface area contributed by atoms with Crippen LogP contribution in [-0.4, -0.2) is 32.1 Å². The second-order valence-electron chi connectivity index (χ2n) is 7.00. The van der Waals surface area contributed by atoms with E-state index < -0.39 is 23.3 Å². The number of nitrogens with two attached hydrogens (primary N) is 1. The third-order valence-electron chi connectivity index (χ3n) is 5.52. The molecule has 32 heavy (non-hydrogen) atoms. The predicted octanol–water partition coefficient (Wildman–Crippen LogP) is 1.69. The Bertz CT molecular complexity index is 1260. The van der Waals surface area contributed by atoms with Crippen molar-refractivity contribution < 1.29 is 23.9 Å². The summed E-state index contributed by atoms with van der Waals surface area (Å²) in [5.74, 6) is -2.78. The predicted molar refractivity (Wildman–Crippen MR) is 114 cm³/mol. The first-order valence-electron chi connectivity index (χ1n) is 9.51. The van der Waals surface area contributed by atoms with Crippen LogP contribution in [0.3, 0.4) is 0 Å². The van der Waals surface area contributed by atoms with Crippen molar-refractivity contribution in [3.8, 4) is 6.07 Å². The van der Waals surface area contributed by atoms with Gasteiger partial charge in [-0.05, 0) is 18.2 Å². The van der Waals surface area contributed by atoms with Crippen molar-refractivity contribution in [1.29, 1.82) is 5.26 Å². The van der Waals surface area contributed by atoms with E-state index in [9.17, 15) is 19.6 Å². The van der Waals surface area contributed by atoms with Gasteiger partial charge in [-0.15, -0.1) is 0 Å². The Hall–Kier alpha value is -4.58. The molecule has 0 aliphatic carbocycles. The molecule has 0 saturated heterocycles. The number of methoxy groups -OCH3 is 2. The smallest absolute Gasteiger partial charge is 0.355 e. The number of hydrogen-bond donors (Lipinski definition) is 2. The van der Waals surface area contributed by atoms with Gasteiger partial charge in [-0.3, -0.25) is 9.69 Å². The summed E-state index contributed by atoms with van der Waals surface area (Å²) in [6.07, 6.45) is 0. The number of carbonyl (C=O) groups excluding carboxylic acids is 3. The molecule has 3 N–H and O–H groups in total. The third-order valence-corrected chi connectivity index (χ3v) is 5.52. The van der Waals surface area contributed by atoms with Gasteiger partial charge < -0.3 is 20.5 Å². The summed E-state index contributed by atoms with van der Waals surface area (Å²) in [6.45, 7) is 0. The SMILES string of the molecule is COC(=O)C1=C(C(=O)OC)[C@]2(C(=O)Nc3ccccc32)C(C#N)=C(N)N1c1ccccc1. The standard InChI is InChI=1S/C23H18N4O5/c1-31-20(28)17-18(21(29)32-2)27(13-8-4-3-5-9-13)19(25)15(12-24)23(17)14-10-6-7-11-16(14)26-22(23)30/h3-11H,25H2,1-2H3,(H,26,30)/t23-/m1/s1. The Balaban J connectivity index is 2.21. The molecule has 1 atom stereocenters. The highest BCUT2D eigenvalue weighted by Crippen LogP contribution is 2.53. The number of fused-ring (bicyclic) bond motifs is 2. The number of hydrogen-bond acceptors (Lipinski definition) is 8. The molecule has 2 aliphatic rings. The van der Waals surface area contributed by atoms with E-state index in [2.05, 4.69) is 5.32 Å². The van der Waals surface area contributed by atoms with Gasteiger partial charge in [0.05, 0.1) is 25.4 Å². The minimum atomic E-state index is -1.99. The number of esters is 2. The van der Waals surface area contributed by atoms with Crippen LogP contribution >= 0.6 is 0 Å². The number of nitriles is 1. The fraction of sp³-hybridized carbons (Fsp3) is 0.130. The zero-order valence-electron chi connectivity index (χ0n) is 17.2. The molecule has 0 unspecified atom stereocenters. The van der Waals surface area contributed by atoms with E-state index in [1.54, 1.807) is 54.6 Å². The van der Waals surface area contributed by atoms with Crippen LogP contribution in [0.25, 0.3) is 0 Å². The third kappa shape index (κ3) is 2.60. The van der Waals surface area contributed by atoms with Crippen molar-refractivity contribution in [2.45, 2.75) is 5.41 Å². The number of anilines is 2. The van der Waals surface area contributed by atoms with Gasteiger partial charge in [0, 0.05) is 16.9 Å². The number of rotatable bonds is 3. The second-order valence-corrected chi connectivity index (χ2v) is 7.00. The Labute approximate surface area is 183 Å². The summed E-state index contributed by atoms with van der Waals surface area (Å²) < 4.78 is 9.96. The number of ether oxygens (including phenoxy) is 2. The Morgan fingerprint density at radius 1 is 1.03 bits per heavy atom. The van der Waals surface area contributed by atoms with E-state index in [1.807, 2.05) is 6.07 Å². The number of benzene rings is 2. The second kappa shape index (κ2) is 7.59. The zero-order chi connectivity index (χ0) is 23.0. The van der Waals surface area contributed by atoms with Crippen LogP contribution in [0.1, 0.15) is 5.56 Å². The highest BCUT2D eigenvalue weighted by molar-refractivity contribution is 6.20. The van der Waals surface area contributed by atoms with Crippen LogP contribution in [0.4, 0.5) is 11.4 Å². The van der Waals surface area contributed by atoms with E-state index in [4.69, 9.17) is 15.2 Å². The van der Waals surface area contributed by atoms with Gasteiger partial charge in [0.15, 0.2) is 0 Å². The molecule has 160 valence electrons. The van der Waals surface area contributed by atoms with Crippen LogP contribution in [0.5, 0.6) is 0 Å². The molecule has 2 aliphatic heterocycles. The molecule has 4 rings (SSSR count). The highest BCUT2D eigenvalue weighted by Gasteiger charge is 2.61. The molecule has 1 spiro atoms. The minimum Gasteiger partial charge on any atom is -0.466 e. The number of nitrogens with zero attached hydrogens (tertiary/aromatic N) is 2. The van der Waals surface area contributed by atoms with E-state index in [0.717, 1.165) is 14.2 Å². The molecule has 0 aromatic heterocycles. The summed E-state index contributed by atoms with van der Waals surface area (Å²) in [5, 5.41) is 12.9. The first kappa shape index (κ1) is 20.7. The van der Waals surface area contributed by atoms with Gasteiger partial charge in [0.1, 0.15) is 23.0 Å². The van der Waals surface area contributed by atoms with Crippen molar-refractivity contribution >= 4 is 29.2 Å². The summed E-state index contributed by atoms with van der Waals surface area (Å²) in [5.41, 5.74) is 4.65. The topological polar surface area (TPSA) is 135 Å². The van der Waals surface area contributed by atoms with Crippen molar-refractivity contribution in [2.75, 3.05) is 24.4 Å². The molecule has 0 bridgehead atoms. The van der Waals surface area contributed by atoms with E-state index >= 15 is 0 Å². The van der Waals surface area contributed by atoms with Gasteiger partial charge in [-0.1, -0.05) is 36.4 Å². The Kier molecular flexibility index (Phi) is 4.91. The number of para-hydroxylation sites is 2. The molecule has 9 heteroatoms. The Morgan fingerprint density at radius 3 is 2.28 bits per heavy atom. The number of amides is 1. The van der Waals surface area contributed by atoms with Crippen molar-refractivity contribution in [3.05, 3.63) is 82.8 Å². The molecule has 2 aromatic carbocycles. The van der Waals surface area contributed by atoms with Crippen molar-refractivity contribution in [3.63, 3.8) is 0 Å². The molecule has 2 heterocycles. The van der Waals surface area contributed by atoms with Crippen molar-refractivity contribution in [1.82, 2.24) is 0 Å². The lowest BCUT2D eigenvalue weighted by Crippen LogP contribution is -2.51. The number of carbonyl (C=O) groups is 3. The summed E-state index contributed by atoms with van der Waals surface area (Å²) in [6, 6.07) is 17.0. The lowest BCUT2D eigenvalue weighted by atomic mass is 9.67. The van der Waals surface area contributed by atoms with Crippen LogP contribution in [-0.2, 0) is 29.3 Å². The van der Waals surface area contributed by atoms with Crippen LogP contribution in [0.15, 0.2) is 77.3 Å². The van der Waals surface area contributed by atoms with E-state index in [1.165, 1.54) is 4.90 Å². The average Bonchev–Trinajstić information content (AvgIpc) is 3.10. The van der Waals surface area contributed by atoms with Crippen LogP contribution < -0.4 is 16.0 Å². The van der Waals surface area contributed by atoms with Gasteiger partial charge in [-0.25, -0.2) is 9.59 Å². The molecule has 9 nitrogen and oxygen atoms in total. The maximum absolute atomic E-state index is 13.5. The quantitative estimate of drug-likeness (QED) is 0.703. The molecular weight excluding hydrogens is 412 g/mol. The molecule has 1 amide bonds. The minimum absolute atomic E-state index is 0.182. The fourth-order valence-corrected chi connectivity index (χ4v) is 4.22. The summed E-state index contributed by atoms with van der Waals surface area (Å²) in [4.78, 5) is 41.0. The fourth-order valence-electron chi connectivity index (χ4n) is 4.22. The zero-order valence-corrected chi connectivity index (χ0v) is 17.2. The normalized spacial score (nSPS) is 19.4. The van der Waals surface area contributed by atoms with Gasteiger partial charge in [0.25, 0.3) is 0 Å². The van der Waals surface area contributed by atoms with Crippen molar-refractivity contribution in [2.24, 2.45) is 5.73 Å². The largest absolute Gasteiger partial charge is 0.466 e. The monoisotopic (exact) mass is 430 g/mol. The molecule has 0 radical (unpaired) electrons. The average molecular weight is 430 g/mol. The number of nitrogens with one attached hydrogen (secondary N) is 1. The molecular formula is C23H18N4O5. The Morgan fingerprint density at radius 2 is 1.66 bits per heavy atom. The summed E-state index contributed by atoms with van der Waals surface area (Å²) in [7, 11) is 2.26. The van der Waals surface area contributed by atoms with Crippen LogP contribution in [0, 0.1) is 11.3 Å². The van der Waals surface area contributed by atoms with E-state index in [0.29, 0.717) is 16.9 Å². The maximum atomic E-state index is 13.5. The van der Waals surface area contributed by atoms with E-state index in [-0.39, 0.29) is 22.7 Å². The highest BCUT2D eigenvalue weighted by atomic mass is 16.5. The van der Waals surface area contributed by atoms with Crippen LogP contribution in [0.2, 0.25) is 0 Å². The maximum Gasteiger partial charge on any atom is 0.355 e.